The van der Waals surface area contributed by atoms with Crippen molar-refractivity contribution in [1.82, 2.24) is 5.32 Å². The molecule has 2 unspecified atom stereocenters. The van der Waals surface area contributed by atoms with Crippen molar-refractivity contribution in [3.63, 3.8) is 0 Å². The van der Waals surface area contributed by atoms with Gasteiger partial charge in [0.1, 0.15) is 18.5 Å². The van der Waals surface area contributed by atoms with Crippen LogP contribution in [0.25, 0.3) is 0 Å². The van der Waals surface area contributed by atoms with Gasteiger partial charge in [-0.25, -0.2) is 0 Å². The number of benzene rings is 1. The number of nitrogens with one attached hydrogen (secondary N) is 1. The molecule has 0 saturated carbocycles. The van der Waals surface area contributed by atoms with Gasteiger partial charge in [0.15, 0.2) is 0 Å². The van der Waals surface area contributed by atoms with Crippen LogP contribution in [-0.2, 0) is 4.74 Å². The molecule has 2 N–H and O–H groups in total. The number of hydrogen-bond donors (Lipinski definition) is 2. The first-order chi connectivity index (χ1) is 8.19. The summed E-state index contributed by atoms with van der Waals surface area (Å²) in [6, 6.07) is 8.03. The topological polar surface area (TPSA) is 50.7 Å². The number of ether oxygens (including phenoxy) is 2. The second-order valence-corrected chi connectivity index (χ2v) is 3.97. The Morgan fingerprint density at radius 2 is 2.00 bits per heavy atom. The average Bonchev–Trinajstić information content (AvgIpc) is 2.36. The summed E-state index contributed by atoms with van der Waals surface area (Å²) in [5, 5.41) is 12.7. The van der Waals surface area contributed by atoms with Gasteiger partial charge in [0.2, 0.25) is 0 Å². The van der Waals surface area contributed by atoms with Crippen LogP contribution in [0.2, 0.25) is 0 Å². The Morgan fingerprint density at radius 3 is 2.65 bits per heavy atom. The van der Waals surface area contributed by atoms with E-state index in [1.54, 1.807) is 7.11 Å². The molecule has 17 heavy (non-hydrogen) atoms. The molecule has 4 nitrogen and oxygen atoms in total. The standard InChI is InChI=1S/C13H21NO3/c1-10(14-2)12-6-4-5-7-13(12)17-9-11(15)8-16-3/h4-7,10-11,14-15H,8-9H2,1-3H3. The fourth-order valence-corrected chi connectivity index (χ4v) is 1.55. The van der Waals surface area contributed by atoms with Gasteiger partial charge < -0.3 is 19.9 Å². The molecule has 0 bridgehead atoms. The lowest BCUT2D eigenvalue weighted by Crippen LogP contribution is -2.23. The van der Waals surface area contributed by atoms with E-state index >= 15 is 0 Å². The zero-order chi connectivity index (χ0) is 12.7. The molecule has 0 fully saturated rings. The van der Waals surface area contributed by atoms with Crippen LogP contribution in [0.1, 0.15) is 18.5 Å². The van der Waals surface area contributed by atoms with Crippen molar-refractivity contribution in [2.45, 2.75) is 19.1 Å². The van der Waals surface area contributed by atoms with Gasteiger partial charge in [-0.3, -0.25) is 0 Å². The molecule has 2 atom stereocenters. The molecule has 4 heteroatoms. The minimum absolute atomic E-state index is 0.214. The minimum Gasteiger partial charge on any atom is -0.490 e. The summed E-state index contributed by atoms with van der Waals surface area (Å²) in [6.07, 6.45) is -0.599. The molecule has 0 aliphatic rings. The van der Waals surface area contributed by atoms with Crippen molar-refractivity contribution >= 4 is 0 Å². The molecule has 0 aromatic heterocycles. The number of hydrogen-bond acceptors (Lipinski definition) is 4. The Labute approximate surface area is 103 Å². The van der Waals surface area contributed by atoms with Gasteiger partial charge in [-0.15, -0.1) is 0 Å². The number of para-hydroxylation sites is 1. The van der Waals surface area contributed by atoms with Gasteiger partial charge in [-0.05, 0) is 20.0 Å². The molecule has 0 amide bonds. The first-order valence-corrected chi connectivity index (χ1v) is 5.75. The predicted molar refractivity (Wildman–Crippen MR) is 67.3 cm³/mol. The zero-order valence-corrected chi connectivity index (χ0v) is 10.6. The number of methoxy groups -OCH3 is 1. The van der Waals surface area contributed by atoms with Crippen LogP contribution in [0, 0.1) is 0 Å². The highest BCUT2D eigenvalue weighted by Crippen LogP contribution is 2.24. The Morgan fingerprint density at radius 1 is 1.29 bits per heavy atom. The van der Waals surface area contributed by atoms with Gasteiger partial charge >= 0.3 is 0 Å². The molecule has 0 saturated heterocycles. The van der Waals surface area contributed by atoms with E-state index in [9.17, 15) is 5.11 Å². The molecule has 96 valence electrons. The van der Waals surface area contributed by atoms with Crippen molar-refractivity contribution in [2.75, 3.05) is 27.4 Å². The summed E-state index contributed by atoms with van der Waals surface area (Å²) in [4.78, 5) is 0. The van der Waals surface area contributed by atoms with Crippen molar-refractivity contribution in [2.24, 2.45) is 0 Å². The van der Waals surface area contributed by atoms with Gasteiger partial charge in [0.05, 0.1) is 6.61 Å². The van der Waals surface area contributed by atoms with Crippen LogP contribution < -0.4 is 10.1 Å². The highest BCUT2D eigenvalue weighted by molar-refractivity contribution is 5.35. The summed E-state index contributed by atoms with van der Waals surface area (Å²) in [5.41, 5.74) is 1.08. The maximum atomic E-state index is 9.53. The lowest BCUT2D eigenvalue weighted by atomic mass is 10.1. The summed E-state index contributed by atoms with van der Waals surface area (Å²) in [6.45, 7) is 2.58. The third-order valence-corrected chi connectivity index (χ3v) is 2.61. The van der Waals surface area contributed by atoms with Crippen LogP contribution in [-0.4, -0.2) is 38.6 Å². The van der Waals surface area contributed by atoms with Crippen LogP contribution >= 0.6 is 0 Å². The zero-order valence-electron chi connectivity index (χ0n) is 10.6. The SMILES string of the molecule is CNC(C)c1ccccc1OCC(O)COC. The van der Waals surface area contributed by atoms with E-state index in [0.717, 1.165) is 11.3 Å². The Hall–Kier alpha value is -1.10. The molecule has 0 heterocycles. The monoisotopic (exact) mass is 239 g/mol. The highest BCUT2D eigenvalue weighted by Gasteiger charge is 2.11. The maximum Gasteiger partial charge on any atom is 0.124 e. The normalized spacial score (nSPS) is 14.4. The van der Waals surface area contributed by atoms with Crippen molar-refractivity contribution in [1.29, 1.82) is 0 Å². The third kappa shape index (κ3) is 4.34. The van der Waals surface area contributed by atoms with Gasteiger partial charge in [-0.1, -0.05) is 18.2 Å². The van der Waals surface area contributed by atoms with Crippen LogP contribution in [0.3, 0.4) is 0 Å². The number of aliphatic hydroxyl groups is 1. The van der Waals surface area contributed by atoms with E-state index in [2.05, 4.69) is 12.2 Å². The van der Waals surface area contributed by atoms with Crippen molar-refractivity contribution in [3.05, 3.63) is 29.8 Å². The first kappa shape index (κ1) is 14.0. The molecule has 0 aliphatic heterocycles. The van der Waals surface area contributed by atoms with E-state index in [-0.39, 0.29) is 19.3 Å². The van der Waals surface area contributed by atoms with E-state index in [4.69, 9.17) is 9.47 Å². The molecule has 1 aromatic rings. The van der Waals surface area contributed by atoms with Gasteiger partial charge in [0.25, 0.3) is 0 Å². The molecular weight excluding hydrogens is 218 g/mol. The van der Waals surface area contributed by atoms with E-state index in [1.807, 2.05) is 31.3 Å². The van der Waals surface area contributed by atoms with Crippen LogP contribution in [0.4, 0.5) is 0 Å². The molecule has 0 radical (unpaired) electrons. The van der Waals surface area contributed by atoms with Gasteiger partial charge in [-0.2, -0.15) is 0 Å². The quantitative estimate of drug-likeness (QED) is 0.754. The largest absolute Gasteiger partial charge is 0.490 e. The van der Waals surface area contributed by atoms with E-state index < -0.39 is 6.10 Å². The summed E-state index contributed by atoms with van der Waals surface area (Å²) < 4.78 is 10.5. The predicted octanol–water partition coefficient (Wildman–Crippen LogP) is 1.35. The lowest BCUT2D eigenvalue weighted by molar-refractivity contribution is 0.0322. The van der Waals surface area contributed by atoms with Crippen molar-refractivity contribution in [3.8, 4) is 5.75 Å². The summed E-state index contributed by atoms with van der Waals surface area (Å²) in [7, 11) is 3.46. The highest BCUT2D eigenvalue weighted by atomic mass is 16.5. The minimum atomic E-state index is -0.599. The number of aliphatic hydroxyl groups excluding tert-OH is 1. The molecule has 1 rings (SSSR count). The smallest absolute Gasteiger partial charge is 0.124 e. The lowest BCUT2D eigenvalue weighted by Gasteiger charge is -2.17. The molecule has 0 aliphatic carbocycles. The van der Waals surface area contributed by atoms with Crippen LogP contribution in [0.5, 0.6) is 5.75 Å². The second kappa shape index (κ2) is 7.27. The summed E-state index contributed by atoms with van der Waals surface area (Å²) >= 11 is 0. The second-order valence-electron chi connectivity index (χ2n) is 3.97. The van der Waals surface area contributed by atoms with E-state index in [0.29, 0.717) is 0 Å². The fourth-order valence-electron chi connectivity index (χ4n) is 1.55. The van der Waals surface area contributed by atoms with Crippen LogP contribution in [0.15, 0.2) is 24.3 Å². The van der Waals surface area contributed by atoms with Gasteiger partial charge in [0, 0.05) is 18.7 Å². The van der Waals surface area contributed by atoms with E-state index in [1.165, 1.54) is 0 Å². The Kier molecular flexibility index (Phi) is 5.97. The Balaban J connectivity index is 2.63. The third-order valence-electron chi connectivity index (χ3n) is 2.61. The first-order valence-electron chi connectivity index (χ1n) is 5.75. The molecule has 0 spiro atoms. The molecular formula is C13H21NO3. The van der Waals surface area contributed by atoms with Crippen molar-refractivity contribution < 1.29 is 14.6 Å². The maximum absolute atomic E-state index is 9.53. The molecule has 1 aromatic carbocycles. The fraction of sp³-hybridized carbons (Fsp3) is 0.538. The Bertz CT molecular complexity index is 330. The average molecular weight is 239 g/mol. The summed E-state index contributed by atoms with van der Waals surface area (Å²) in [5.74, 6) is 0.796. The number of rotatable bonds is 7.